The lowest BCUT2D eigenvalue weighted by atomic mass is 10.1. The second-order valence-electron chi connectivity index (χ2n) is 4.29. The molecule has 0 saturated heterocycles. The molecule has 0 aromatic carbocycles. The Bertz CT molecular complexity index is 726. The lowest BCUT2D eigenvalue weighted by molar-refractivity contribution is 0.327. The first-order chi connectivity index (χ1) is 10.3. The molecular weight excluding hydrogens is 288 g/mol. The third-order valence-corrected chi connectivity index (χ3v) is 3.22. The SMILES string of the molecule is CCOc1cc(-c2ccc(-n3cccn3)nc2)c(Cl)cn1. The number of aromatic nitrogens is 4. The van der Waals surface area contributed by atoms with Gasteiger partial charge in [0.1, 0.15) is 0 Å². The molecular formula is C15H13ClN4O. The molecule has 0 unspecified atom stereocenters. The number of hydrogen-bond donors (Lipinski definition) is 0. The first-order valence-corrected chi connectivity index (χ1v) is 6.90. The van der Waals surface area contributed by atoms with Crippen molar-refractivity contribution < 1.29 is 4.74 Å². The maximum Gasteiger partial charge on any atom is 0.213 e. The summed E-state index contributed by atoms with van der Waals surface area (Å²) in [6.07, 6.45) is 6.90. The fourth-order valence-electron chi connectivity index (χ4n) is 1.95. The minimum atomic E-state index is 0.549. The molecule has 3 aromatic heterocycles. The summed E-state index contributed by atoms with van der Waals surface area (Å²) in [4.78, 5) is 8.52. The maximum absolute atomic E-state index is 6.21. The normalized spacial score (nSPS) is 10.6. The van der Waals surface area contributed by atoms with Crippen molar-refractivity contribution in [3.05, 3.63) is 54.1 Å². The van der Waals surface area contributed by atoms with Crippen LogP contribution in [0.2, 0.25) is 5.02 Å². The van der Waals surface area contributed by atoms with Crippen molar-refractivity contribution >= 4 is 11.6 Å². The summed E-state index contributed by atoms with van der Waals surface area (Å²) in [6, 6.07) is 7.50. The number of pyridine rings is 2. The third kappa shape index (κ3) is 2.87. The van der Waals surface area contributed by atoms with Crippen molar-refractivity contribution in [2.24, 2.45) is 0 Å². The predicted molar refractivity (Wildman–Crippen MR) is 80.8 cm³/mol. The highest BCUT2D eigenvalue weighted by atomic mass is 35.5. The van der Waals surface area contributed by atoms with Crippen molar-refractivity contribution in [1.82, 2.24) is 19.7 Å². The minimum Gasteiger partial charge on any atom is -0.478 e. The van der Waals surface area contributed by atoms with Crippen molar-refractivity contribution in [2.75, 3.05) is 6.61 Å². The number of nitrogens with zero attached hydrogens (tertiary/aromatic N) is 4. The number of rotatable bonds is 4. The highest BCUT2D eigenvalue weighted by Gasteiger charge is 2.08. The number of ether oxygens (including phenoxy) is 1. The molecule has 3 rings (SSSR count). The zero-order chi connectivity index (χ0) is 14.7. The van der Waals surface area contributed by atoms with Gasteiger partial charge in [-0.15, -0.1) is 0 Å². The van der Waals surface area contributed by atoms with Crippen LogP contribution in [0, 0.1) is 0 Å². The van der Waals surface area contributed by atoms with E-state index in [-0.39, 0.29) is 0 Å². The predicted octanol–water partition coefficient (Wildman–Crippen LogP) is 3.38. The van der Waals surface area contributed by atoms with E-state index in [4.69, 9.17) is 16.3 Å². The Balaban J connectivity index is 1.95. The summed E-state index contributed by atoms with van der Waals surface area (Å²) < 4.78 is 7.10. The average molecular weight is 301 g/mol. The molecule has 106 valence electrons. The third-order valence-electron chi connectivity index (χ3n) is 2.92. The fraction of sp³-hybridized carbons (Fsp3) is 0.133. The Kier molecular flexibility index (Phi) is 3.83. The Morgan fingerprint density at radius 1 is 1.24 bits per heavy atom. The highest BCUT2D eigenvalue weighted by molar-refractivity contribution is 6.33. The van der Waals surface area contributed by atoms with Crippen LogP contribution in [-0.4, -0.2) is 26.4 Å². The minimum absolute atomic E-state index is 0.549. The number of halogens is 1. The molecule has 0 atom stereocenters. The molecule has 0 aliphatic heterocycles. The average Bonchev–Trinajstić information content (AvgIpc) is 3.04. The molecule has 0 saturated carbocycles. The standard InChI is InChI=1S/C15H13ClN4O/c1-2-21-15-8-12(13(16)10-18-15)11-4-5-14(17-9-11)20-7-3-6-19-20/h3-10H,2H2,1H3. The van der Waals surface area contributed by atoms with Crippen LogP contribution in [-0.2, 0) is 0 Å². The molecule has 0 fully saturated rings. The first-order valence-electron chi connectivity index (χ1n) is 6.52. The van der Waals surface area contributed by atoms with Gasteiger partial charge in [-0.1, -0.05) is 11.6 Å². The molecule has 3 aromatic rings. The van der Waals surface area contributed by atoms with E-state index in [0.29, 0.717) is 17.5 Å². The van der Waals surface area contributed by atoms with Gasteiger partial charge in [0.05, 0.1) is 17.8 Å². The quantitative estimate of drug-likeness (QED) is 0.741. The summed E-state index contributed by atoms with van der Waals surface area (Å²) >= 11 is 6.21. The number of hydrogen-bond acceptors (Lipinski definition) is 4. The van der Waals surface area contributed by atoms with Crippen LogP contribution >= 0.6 is 11.6 Å². The van der Waals surface area contributed by atoms with Gasteiger partial charge in [-0.3, -0.25) is 0 Å². The van der Waals surface area contributed by atoms with Gasteiger partial charge in [-0.05, 0) is 25.1 Å². The van der Waals surface area contributed by atoms with E-state index in [1.165, 1.54) is 0 Å². The van der Waals surface area contributed by atoms with Crippen LogP contribution in [0.15, 0.2) is 49.1 Å². The Hall–Kier alpha value is -2.40. The monoisotopic (exact) mass is 300 g/mol. The van der Waals surface area contributed by atoms with Crippen LogP contribution in [0.4, 0.5) is 0 Å². The molecule has 6 heteroatoms. The van der Waals surface area contributed by atoms with Crippen LogP contribution in [0.25, 0.3) is 16.9 Å². The zero-order valence-electron chi connectivity index (χ0n) is 11.4. The van der Waals surface area contributed by atoms with E-state index in [2.05, 4.69) is 15.1 Å². The Labute approximate surface area is 127 Å². The molecule has 0 N–H and O–H groups in total. The zero-order valence-corrected chi connectivity index (χ0v) is 12.2. The second-order valence-corrected chi connectivity index (χ2v) is 4.70. The van der Waals surface area contributed by atoms with Gasteiger partial charge < -0.3 is 4.74 Å². The van der Waals surface area contributed by atoms with Crippen LogP contribution in [0.3, 0.4) is 0 Å². The van der Waals surface area contributed by atoms with Crippen molar-refractivity contribution in [3.63, 3.8) is 0 Å². The van der Waals surface area contributed by atoms with Gasteiger partial charge in [-0.25, -0.2) is 14.6 Å². The molecule has 0 radical (unpaired) electrons. The van der Waals surface area contributed by atoms with Crippen LogP contribution in [0.5, 0.6) is 5.88 Å². The lowest BCUT2D eigenvalue weighted by Gasteiger charge is -2.08. The smallest absolute Gasteiger partial charge is 0.213 e. The van der Waals surface area contributed by atoms with E-state index >= 15 is 0 Å². The van der Waals surface area contributed by atoms with E-state index in [1.54, 1.807) is 23.3 Å². The van der Waals surface area contributed by atoms with Crippen LogP contribution in [0.1, 0.15) is 6.92 Å². The molecule has 0 bridgehead atoms. The Morgan fingerprint density at radius 3 is 2.81 bits per heavy atom. The van der Waals surface area contributed by atoms with E-state index in [9.17, 15) is 0 Å². The lowest BCUT2D eigenvalue weighted by Crippen LogP contribution is -1.98. The first kappa shape index (κ1) is 13.6. The summed E-state index contributed by atoms with van der Waals surface area (Å²) in [5.74, 6) is 1.30. The highest BCUT2D eigenvalue weighted by Crippen LogP contribution is 2.29. The molecule has 0 aliphatic rings. The van der Waals surface area contributed by atoms with E-state index in [0.717, 1.165) is 16.9 Å². The van der Waals surface area contributed by atoms with Gasteiger partial charge >= 0.3 is 0 Å². The molecule has 3 heterocycles. The molecule has 5 nitrogen and oxygen atoms in total. The van der Waals surface area contributed by atoms with Gasteiger partial charge in [-0.2, -0.15) is 5.10 Å². The molecule has 0 spiro atoms. The van der Waals surface area contributed by atoms with E-state index in [1.807, 2.05) is 37.4 Å². The van der Waals surface area contributed by atoms with Crippen molar-refractivity contribution in [3.8, 4) is 22.8 Å². The van der Waals surface area contributed by atoms with Crippen molar-refractivity contribution in [1.29, 1.82) is 0 Å². The molecule has 0 aliphatic carbocycles. The molecule has 0 amide bonds. The molecule has 21 heavy (non-hydrogen) atoms. The summed E-state index contributed by atoms with van der Waals surface area (Å²) in [7, 11) is 0. The summed E-state index contributed by atoms with van der Waals surface area (Å²) in [5, 5.41) is 4.71. The second kappa shape index (κ2) is 5.93. The van der Waals surface area contributed by atoms with Gasteiger partial charge in [0.15, 0.2) is 5.82 Å². The topological polar surface area (TPSA) is 52.8 Å². The van der Waals surface area contributed by atoms with Gasteiger partial charge in [0.25, 0.3) is 0 Å². The summed E-state index contributed by atoms with van der Waals surface area (Å²) in [5.41, 5.74) is 1.74. The Morgan fingerprint density at radius 2 is 2.14 bits per heavy atom. The largest absolute Gasteiger partial charge is 0.478 e. The van der Waals surface area contributed by atoms with Crippen molar-refractivity contribution in [2.45, 2.75) is 6.92 Å². The summed E-state index contributed by atoms with van der Waals surface area (Å²) in [6.45, 7) is 2.47. The maximum atomic E-state index is 6.21. The van der Waals surface area contributed by atoms with Crippen LogP contribution < -0.4 is 4.74 Å². The van der Waals surface area contributed by atoms with Gasteiger partial charge in [0, 0.05) is 35.8 Å². The van der Waals surface area contributed by atoms with E-state index < -0.39 is 0 Å². The van der Waals surface area contributed by atoms with Gasteiger partial charge in [0.2, 0.25) is 5.88 Å². The fourth-order valence-corrected chi connectivity index (χ4v) is 2.17.